The number of hydrogen-bond acceptors (Lipinski definition) is 1. The molecule has 0 aromatic carbocycles. The number of aromatic nitrogens is 1. The molecule has 0 radical (unpaired) electrons. The van der Waals surface area contributed by atoms with Gasteiger partial charge in [0.05, 0.1) is 0 Å². The smallest absolute Gasteiger partial charge is 0.171 e. The van der Waals surface area contributed by atoms with Gasteiger partial charge < -0.3 is 11.8 Å². The van der Waals surface area contributed by atoms with E-state index < -0.39 is 0 Å². The van der Waals surface area contributed by atoms with Crippen molar-refractivity contribution in [1.82, 2.24) is 0 Å². The highest BCUT2D eigenvalue weighted by Crippen LogP contribution is 2.04. The predicted octanol–water partition coefficient (Wildman–Crippen LogP) is 3.74. The first-order valence-electron chi connectivity index (χ1n) is 6.51. The Hall–Kier alpha value is -1.36. The van der Waals surface area contributed by atoms with Crippen molar-refractivity contribution in [3.63, 3.8) is 0 Å². The molecular formula is C15H24N2. The van der Waals surface area contributed by atoms with Crippen molar-refractivity contribution >= 4 is 0 Å². The predicted molar refractivity (Wildman–Crippen MR) is 69.7 cm³/mol. The summed E-state index contributed by atoms with van der Waals surface area (Å²) in [6.45, 7) is 10.3. The van der Waals surface area contributed by atoms with Crippen LogP contribution in [0.4, 0.5) is 0 Å². The van der Waals surface area contributed by atoms with Gasteiger partial charge in [0.2, 0.25) is 0 Å². The molecule has 0 aliphatic carbocycles. The first-order valence-corrected chi connectivity index (χ1v) is 6.51. The molecule has 0 N–H and O–H groups in total. The summed E-state index contributed by atoms with van der Waals surface area (Å²) in [5.74, 6) is 0. The molecule has 0 bridgehead atoms. The van der Waals surface area contributed by atoms with E-state index in [1.807, 2.05) is 0 Å². The maximum atomic E-state index is 6.25. The molecule has 2 heteroatoms. The second-order valence-corrected chi connectivity index (χ2v) is 4.39. The van der Waals surface area contributed by atoms with Gasteiger partial charge in [-0.2, -0.15) is 0 Å². The van der Waals surface area contributed by atoms with Crippen molar-refractivity contribution in [3.05, 3.63) is 36.7 Å². The monoisotopic (exact) mass is 232 g/mol. The van der Waals surface area contributed by atoms with Crippen LogP contribution in [0.5, 0.6) is 0 Å². The molecule has 2 nitrogen and oxygen atoms in total. The molecule has 0 unspecified atom stereocenters. The van der Waals surface area contributed by atoms with Gasteiger partial charge in [-0.25, -0.2) is 4.57 Å². The highest BCUT2D eigenvalue weighted by Gasteiger charge is 1.99. The Morgan fingerprint density at radius 2 is 1.76 bits per heavy atom. The molecule has 0 atom stereocenters. The van der Waals surface area contributed by atoms with E-state index in [1.54, 1.807) is 0 Å². The summed E-state index contributed by atoms with van der Waals surface area (Å²) < 4.78 is 2.30. The summed E-state index contributed by atoms with van der Waals surface area (Å²) in [4.78, 5) is 0. The Morgan fingerprint density at radius 3 is 2.41 bits per heavy atom. The zero-order valence-corrected chi connectivity index (χ0v) is 11.2. The lowest BCUT2D eigenvalue weighted by Gasteiger charge is -1.99. The summed E-state index contributed by atoms with van der Waals surface area (Å²) in [6, 6.07) is 4.28. The highest BCUT2D eigenvalue weighted by atomic mass is 14.9. The lowest BCUT2D eigenvalue weighted by molar-refractivity contribution is -0.697. The van der Waals surface area contributed by atoms with E-state index in [2.05, 4.69) is 42.9 Å². The minimum absolute atomic E-state index is 1.17. The van der Waals surface area contributed by atoms with Gasteiger partial charge in [0.25, 0.3) is 0 Å². The molecule has 0 saturated carbocycles. The Balaban J connectivity index is 0.00000121. The number of rotatable bonds is 7. The Morgan fingerprint density at radius 1 is 1.12 bits per heavy atom. The van der Waals surface area contributed by atoms with Crippen LogP contribution in [-0.2, 0) is 6.54 Å². The zero-order valence-electron chi connectivity index (χ0n) is 11.2. The standard InChI is InChI=1S/C14H24N.CN/c1-3-4-5-6-7-8-11-15-12-9-10-14(2)13-15;1-2/h9-10,12-13H,3-8,11H2,1-2H3;/q+1;-1. The fraction of sp³-hybridized carbons (Fsp3) is 0.600. The Kier molecular flexibility index (Phi) is 10.2. The molecule has 17 heavy (non-hydrogen) atoms. The van der Waals surface area contributed by atoms with E-state index in [4.69, 9.17) is 11.8 Å². The van der Waals surface area contributed by atoms with Gasteiger partial charge in [0.1, 0.15) is 6.54 Å². The minimum atomic E-state index is 1.17. The molecule has 0 aliphatic heterocycles. The average molecular weight is 232 g/mol. The number of pyridine rings is 1. The van der Waals surface area contributed by atoms with Gasteiger partial charge in [-0.15, -0.1) is 0 Å². The molecular weight excluding hydrogens is 208 g/mol. The van der Waals surface area contributed by atoms with E-state index in [9.17, 15) is 0 Å². The van der Waals surface area contributed by atoms with Gasteiger partial charge in [-0.3, -0.25) is 0 Å². The highest BCUT2D eigenvalue weighted by molar-refractivity contribution is 5.01. The fourth-order valence-corrected chi connectivity index (χ4v) is 1.87. The second-order valence-electron chi connectivity index (χ2n) is 4.39. The van der Waals surface area contributed by atoms with Crippen LogP contribution in [0, 0.1) is 18.8 Å². The maximum absolute atomic E-state index is 6.25. The summed E-state index contributed by atoms with van der Waals surface area (Å²) in [6.07, 6.45) is 12.6. The first-order chi connectivity index (χ1) is 8.33. The van der Waals surface area contributed by atoms with E-state index in [0.717, 1.165) is 0 Å². The molecule has 0 fully saturated rings. The second kappa shape index (κ2) is 11.1. The van der Waals surface area contributed by atoms with Gasteiger partial charge >= 0.3 is 0 Å². The van der Waals surface area contributed by atoms with E-state index >= 15 is 0 Å². The third kappa shape index (κ3) is 8.45. The van der Waals surface area contributed by atoms with Crippen LogP contribution in [0.3, 0.4) is 0 Å². The van der Waals surface area contributed by atoms with Crippen molar-refractivity contribution < 1.29 is 4.57 Å². The fourth-order valence-electron chi connectivity index (χ4n) is 1.87. The summed E-state index contributed by atoms with van der Waals surface area (Å²) in [7, 11) is 0. The van der Waals surface area contributed by atoms with Gasteiger partial charge in [0.15, 0.2) is 12.4 Å². The number of unbranched alkanes of at least 4 members (excludes halogenated alkanes) is 5. The van der Waals surface area contributed by atoms with Crippen LogP contribution in [0.15, 0.2) is 24.5 Å². The maximum Gasteiger partial charge on any atom is 0.171 e. The van der Waals surface area contributed by atoms with Crippen LogP contribution >= 0.6 is 0 Å². The SMILES string of the molecule is CCCCCCCC[n+]1cccc(C)c1.[C-]#N. The van der Waals surface area contributed by atoms with Crippen LogP contribution in [0.25, 0.3) is 0 Å². The molecule has 0 aliphatic rings. The van der Waals surface area contributed by atoms with Crippen molar-refractivity contribution in [2.75, 3.05) is 0 Å². The lowest BCUT2D eigenvalue weighted by atomic mass is 10.1. The molecule has 1 rings (SSSR count). The Labute approximate surface area is 106 Å². The average Bonchev–Trinajstić information content (AvgIpc) is 2.36. The van der Waals surface area contributed by atoms with Crippen molar-refractivity contribution in [1.29, 1.82) is 5.26 Å². The van der Waals surface area contributed by atoms with Crippen LogP contribution in [0.1, 0.15) is 51.0 Å². The number of hydrogen-bond donors (Lipinski definition) is 0. The first kappa shape index (κ1) is 15.6. The summed E-state index contributed by atoms with van der Waals surface area (Å²) >= 11 is 0. The van der Waals surface area contributed by atoms with E-state index in [-0.39, 0.29) is 0 Å². The lowest BCUT2D eigenvalue weighted by Crippen LogP contribution is -2.32. The quantitative estimate of drug-likeness (QED) is 0.400. The van der Waals surface area contributed by atoms with Gasteiger partial charge in [-0.1, -0.05) is 32.6 Å². The normalized spacial score (nSPS) is 9.41. The van der Waals surface area contributed by atoms with Gasteiger partial charge in [-0.05, 0) is 19.4 Å². The molecule has 1 aromatic rings. The summed E-state index contributed by atoms with van der Waals surface area (Å²) in [5.41, 5.74) is 1.35. The van der Waals surface area contributed by atoms with Crippen LogP contribution < -0.4 is 4.57 Å². The topological polar surface area (TPSA) is 27.7 Å². The van der Waals surface area contributed by atoms with Crippen molar-refractivity contribution in [3.8, 4) is 0 Å². The number of nitrogens with zero attached hydrogens (tertiary/aromatic N) is 2. The molecule has 1 aromatic heterocycles. The molecule has 0 saturated heterocycles. The largest absolute Gasteiger partial charge is 0.512 e. The summed E-state index contributed by atoms with van der Waals surface area (Å²) in [5, 5.41) is 6.25. The molecule has 0 spiro atoms. The van der Waals surface area contributed by atoms with E-state index in [1.165, 1.54) is 50.6 Å². The van der Waals surface area contributed by atoms with Crippen molar-refractivity contribution in [2.24, 2.45) is 0 Å². The van der Waals surface area contributed by atoms with E-state index in [0.29, 0.717) is 0 Å². The molecule has 1 heterocycles. The van der Waals surface area contributed by atoms with Crippen LogP contribution in [0.2, 0.25) is 0 Å². The van der Waals surface area contributed by atoms with Gasteiger partial charge in [0, 0.05) is 18.1 Å². The van der Waals surface area contributed by atoms with Crippen molar-refractivity contribution in [2.45, 2.75) is 58.9 Å². The zero-order chi connectivity index (χ0) is 12.9. The van der Waals surface area contributed by atoms with Crippen LogP contribution in [-0.4, -0.2) is 0 Å². The molecule has 94 valence electrons. The Bertz CT molecular complexity index is 305. The number of aryl methyl sites for hydroxylation is 2. The third-order valence-electron chi connectivity index (χ3n) is 2.78. The molecule has 0 amide bonds. The third-order valence-corrected chi connectivity index (χ3v) is 2.78. The minimum Gasteiger partial charge on any atom is -0.512 e.